The molecule has 3 aliphatic rings. The van der Waals surface area contributed by atoms with Gasteiger partial charge in [-0.1, -0.05) is 0 Å². The fraction of sp³-hybridized carbons (Fsp3) is 0.714. The standard InChI is InChI=1S/C56H85N3O28/c60-49-1-2-50(61)57(49)46-43-47(84-41-39-82-37-35-80-33-31-78-29-27-76-25-23-74-21-19-72-17-15-70-13-11-68-9-7-55(66)86-58-51(62)3-4-52(58)63)45-48(44-46)85-42-40-83-38-36-81-34-32-79-30-28-77-26-24-75-22-20-73-18-16-71-14-12-69-10-8-56(67)87-59-53(64)5-6-54(59)65/h1-2,43-45H,3-42H2. The molecule has 31 heteroatoms. The zero-order valence-electron chi connectivity index (χ0n) is 49.4. The van der Waals surface area contributed by atoms with Gasteiger partial charge in [0, 0.05) is 56.0 Å². The predicted molar refractivity (Wildman–Crippen MR) is 296 cm³/mol. The average Bonchev–Trinajstić information content (AvgIpc) is 3.42. The van der Waals surface area contributed by atoms with Gasteiger partial charge in [0.1, 0.15) is 24.7 Å². The van der Waals surface area contributed by atoms with E-state index < -0.39 is 47.4 Å². The Kier molecular flexibility index (Phi) is 41.7. The first kappa shape index (κ1) is 73.7. The summed E-state index contributed by atoms with van der Waals surface area (Å²) in [5, 5.41) is 1.01. The molecule has 492 valence electrons. The van der Waals surface area contributed by atoms with Crippen LogP contribution < -0.4 is 14.4 Å². The maximum atomic E-state index is 12.4. The molecule has 0 atom stereocenters. The maximum Gasteiger partial charge on any atom is 0.335 e. The van der Waals surface area contributed by atoms with E-state index in [-0.39, 0.29) is 91.4 Å². The summed E-state index contributed by atoms with van der Waals surface area (Å²) in [5.41, 5.74) is 0.298. The number of anilines is 1. The van der Waals surface area contributed by atoms with Gasteiger partial charge >= 0.3 is 11.9 Å². The molecule has 31 nitrogen and oxygen atoms in total. The van der Waals surface area contributed by atoms with E-state index in [0.29, 0.717) is 199 Å². The quantitative estimate of drug-likeness (QED) is 0.0618. The molecule has 0 aliphatic carbocycles. The van der Waals surface area contributed by atoms with Gasteiger partial charge in [-0.2, -0.15) is 0 Å². The zero-order valence-corrected chi connectivity index (χ0v) is 49.4. The van der Waals surface area contributed by atoms with Crippen LogP contribution in [0.3, 0.4) is 0 Å². The minimum absolute atomic E-state index is 0.0404. The monoisotopic (exact) mass is 1250 g/mol. The molecule has 2 saturated heterocycles. The SMILES string of the molecule is O=C(CCOCCOCCOCCOCCOCCOCCOCCOCCOc1cc(OCCOCCOCCOCCOCCOCCOCCOCCOCCC(=O)ON2C(=O)CCC2=O)cc(N2C(=O)C=CC2=O)c1)ON1C(=O)CCC1=O. The van der Waals surface area contributed by atoms with Crippen molar-refractivity contribution in [2.45, 2.75) is 38.5 Å². The van der Waals surface area contributed by atoms with Crippen LogP contribution in [-0.4, -0.2) is 282 Å². The summed E-state index contributed by atoms with van der Waals surface area (Å²) in [7, 11) is 0. The highest BCUT2D eigenvalue weighted by atomic mass is 16.7. The predicted octanol–water partition coefficient (Wildman–Crippen LogP) is 0.134. The summed E-state index contributed by atoms with van der Waals surface area (Å²) < 4.78 is 99.5. The van der Waals surface area contributed by atoms with Gasteiger partial charge in [0.2, 0.25) is 0 Å². The number of hydrogen-bond acceptors (Lipinski definition) is 28. The van der Waals surface area contributed by atoms with Crippen molar-refractivity contribution in [3.63, 3.8) is 0 Å². The van der Waals surface area contributed by atoms with Gasteiger partial charge in [-0.05, 0) is 0 Å². The van der Waals surface area contributed by atoms with Crippen LogP contribution in [0.1, 0.15) is 38.5 Å². The first-order valence-corrected chi connectivity index (χ1v) is 29.0. The number of carbonyl (C=O) groups is 8. The van der Waals surface area contributed by atoms with Crippen LogP contribution in [0, 0.1) is 0 Å². The molecule has 0 bridgehead atoms. The Balaban J connectivity index is 0.846. The number of hydroxylamine groups is 4. The third-order valence-electron chi connectivity index (χ3n) is 11.4. The molecule has 3 aliphatic heterocycles. The summed E-state index contributed by atoms with van der Waals surface area (Å²) in [6.45, 7) is 11.4. The number of imide groups is 3. The van der Waals surface area contributed by atoms with E-state index in [1.165, 1.54) is 12.2 Å². The lowest BCUT2D eigenvalue weighted by Crippen LogP contribution is -2.32. The van der Waals surface area contributed by atoms with Crippen LogP contribution in [-0.2, 0) is 124 Å². The second-order valence-corrected chi connectivity index (χ2v) is 18.1. The smallest absolute Gasteiger partial charge is 0.335 e. The summed E-state index contributed by atoms with van der Waals surface area (Å²) in [5.74, 6) is -3.75. The third kappa shape index (κ3) is 35.8. The number of nitrogens with zero attached hydrogens (tertiary/aromatic N) is 3. The van der Waals surface area contributed by atoms with Crippen LogP contribution in [0.5, 0.6) is 11.5 Å². The number of ether oxygens (including phenoxy) is 18. The van der Waals surface area contributed by atoms with Gasteiger partial charge in [-0.25, -0.2) is 14.5 Å². The number of hydrogen-bond donors (Lipinski definition) is 0. The maximum absolute atomic E-state index is 12.4. The Morgan fingerprint density at radius 3 is 0.724 bits per heavy atom. The second-order valence-electron chi connectivity index (χ2n) is 18.1. The molecular weight excluding hydrogens is 1160 g/mol. The average molecular weight is 1250 g/mol. The minimum Gasteiger partial charge on any atom is -0.491 e. The van der Waals surface area contributed by atoms with E-state index >= 15 is 0 Å². The van der Waals surface area contributed by atoms with Gasteiger partial charge in [0.05, 0.1) is 230 Å². The molecule has 1 aromatic rings. The van der Waals surface area contributed by atoms with Crippen molar-refractivity contribution in [2.24, 2.45) is 0 Å². The van der Waals surface area contributed by atoms with Crippen LogP contribution in [0.2, 0.25) is 0 Å². The molecule has 0 radical (unpaired) electrons. The van der Waals surface area contributed by atoms with Gasteiger partial charge in [0.25, 0.3) is 35.4 Å². The van der Waals surface area contributed by atoms with Crippen molar-refractivity contribution in [1.82, 2.24) is 10.1 Å². The van der Waals surface area contributed by atoms with E-state index in [1.807, 2.05) is 0 Å². The number of carbonyl (C=O) groups excluding carboxylic acids is 8. The van der Waals surface area contributed by atoms with Crippen molar-refractivity contribution in [3.8, 4) is 11.5 Å². The molecule has 87 heavy (non-hydrogen) atoms. The van der Waals surface area contributed by atoms with Crippen LogP contribution in [0.4, 0.5) is 5.69 Å². The van der Waals surface area contributed by atoms with Gasteiger partial charge in [-0.3, -0.25) is 28.8 Å². The second kappa shape index (κ2) is 49.2. The van der Waals surface area contributed by atoms with Crippen molar-refractivity contribution < 1.29 is 133 Å². The van der Waals surface area contributed by atoms with Crippen molar-refractivity contribution in [3.05, 3.63) is 30.4 Å². The number of benzene rings is 1. The van der Waals surface area contributed by atoms with Gasteiger partial charge in [0.15, 0.2) is 0 Å². The van der Waals surface area contributed by atoms with E-state index in [2.05, 4.69) is 0 Å². The highest BCUT2D eigenvalue weighted by Crippen LogP contribution is 2.30. The fourth-order valence-corrected chi connectivity index (χ4v) is 7.15. The highest BCUT2D eigenvalue weighted by molar-refractivity contribution is 6.28. The normalized spacial score (nSPS) is 14.2. The summed E-state index contributed by atoms with van der Waals surface area (Å²) in [4.78, 5) is 105. The molecule has 0 saturated carbocycles. The molecular formula is C56H85N3O28. The molecule has 6 amide bonds. The molecule has 3 heterocycles. The lowest BCUT2D eigenvalue weighted by molar-refractivity contribution is -0.198. The summed E-state index contributed by atoms with van der Waals surface area (Å²) >= 11 is 0. The highest BCUT2D eigenvalue weighted by Gasteiger charge is 2.34. The first-order chi connectivity index (χ1) is 42.6. The minimum atomic E-state index is -0.718. The van der Waals surface area contributed by atoms with Crippen molar-refractivity contribution in [2.75, 3.05) is 230 Å². The van der Waals surface area contributed by atoms with E-state index in [0.717, 1.165) is 4.90 Å². The molecule has 0 spiro atoms. The summed E-state index contributed by atoms with van der Waals surface area (Å²) in [6, 6.07) is 4.81. The molecule has 0 aromatic heterocycles. The largest absolute Gasteiger partial charge is 0.491 e. The Hall–Kier alpha value is -5.72. The lowest BCUT2D eigenvalue weighted by Gasteiger charge is -2.17. The van der Waals surface area contributed by atoms with Crippen molar-refractivity contribution >= 4 is 53.1 Å². The van der Waals surface area contributed by atoms with E-state index in [4.69, 9.17) is 94.9 Å². The third-order valence-corrected chi connectivity index (χ3v) is 11.4. The molecule has 4 rings (SSSR count). The van der Waals surface area contributed by atoms with E-state index in [9.17, 15) is 38.4 Å². The van der Waals surface area contributed by atoms with Crippen molar-refractivity contribution in [1.29, 1.82) is 0 Å². The summed E-state index contributed by atoms with van der Waals surface area (Å²) in [6.07, 6.45) is 2.36. The van der Waals surface area contributed by atoms with Gasteiger partial charge in [-0.15, -0.1) is 10.1 Å². The zero-order chi connectivity index (χ0) is 62.0. The molecule has 0 N–H and O–H groups in total. The van der Waals surface area contributed by atoms with E-state index in [1.54, 1.807) is 18.2 Å². The van der Waals surface area contributed by atoms with Crippen LogP contribution in [0.25, 0.3) is 0 Å². The lowest BCUT2D eigenvalue weighted by atomic mass is 10.2. The first-order valence-electron chi connectivity index (χ1n) is 29.0. The Bertz CT molecular complexity index is 1980. The van der Waals surface area contributed by atoms with Gasteiger partial charge < -0.3 is 94.9 Å². The fourth-order valence-electron chi connectivity index (χ4n) is 7.15. The Morgan fingerprint density at radius 1 is 0.287 bits per heavy atom. The Labute approximate surface area is 505 Å². The molecule has 0 unspecified atom stereocenters. The topological polar surface area (TPSA) is 331 Å². The Morgan fingerprint density at radius 2 is 0.494 bits per heavy atom. The van der Waals surface area contributed by atoms with Crippen LogP contribution in [0.15, 0.2) is 30.4 Å². The molecule has 2 fully saturated rings. The van der Waals surface area contributed by atoms with Crippen LogP contribution >= 0.6 is 0 Å². The molecule has 1 aromatic carbocycles. The number of rotatable bonds is 59. The number of amides is 6.